The second-order valence-electron chi connectivity index (χ2n) is 6.50. The van der Waals surface area contributed by atoms with Crippen molar-refractivity contribution in [1.82, 2.24) is 15.0 Å². The molecule has 0 spiro atoms. The number of hydrogen-bond acceptors (Lipinski definition) is 5. The number of likely N-dealkylation sites (N-methyl/N-ethyl adjacent to an activating group) is 1. The lowest BCUT2D eigenvalue weighted by atomic mass is 10.1. The standard InChI is InChI=1S/C21H22FN3O3/c1-15-3-5-16(6-4-15)21-23-19(28-24-21)11-12-20(26)25(2)13-14-27-18-9-7-17(22)8-10-18/h3-10H,11-14H2,1-2H3. The number of rotatable bonds is 8. The van der Waals surface area contributed by atoms with E-state index in [9.17, 15) is 9.18 Å². The molecule has 28 heavy (non-hydrogen) atoms. The van der Waals surface area contributed by atoms with E-state index in [0.717, 1.165) is 11.1 Å². The first-order valence-electron chi connectivity index (χ1n) is 9.03. The number of halogens is 1. The Morgan fingerprint density at radius 1 is 1.14 bits per heavy atom. The van der Waals surface area contributed by atoms with Crippen LogP contribution in [0, 0.1) is 12.7 Å². The summed E-state index contributed by atoms with van der Waals surface area (Å²) in [5.41, 5.74) is 2.03. The third-order valence-electron chi connectivity index (χ3n) is 4.27. The summed E-state index contributed by atoms with van der Waals surface area (Å²) in [5.74, 6) is 1.16. The third-order valence-corrected chi connectivity index (χ3v) is 4.27. The molecule has 1 aromatic heterocycles. The number of carbonyl (C=O) groups excluding carboxylic acids is 1. The van der Waals surface area contributed by atoms with E-state index >= 15 is 0 Å². The van der Waals surface area contributed by atoms with Crippen molar-refractivity contribution in [2.45, 2.75) is 19.8 Å². The molecule has 0 atom stereocenters. The van der Waals surface area contributed by atoms with Crippen LogP contribution in [0.15, 0.2) is 53.1 Å². The van der Waals surface area contributed by atoms with E-state index in [1.807, 2.05) is 31.2 Å². The van der Waals surface area contributed by atoms with Crippen LogP contribution in [0.4, 0.5) is 4.39 Å². The smallest absolute Gasteiger partial charge is 0.227 e. The first-order chi connectivity index (χ1) is 13.5. The SMILES string of the molecule is Cc1ccc(-c2noc(CCC(=O)N(C)CCOc3ccc(F)cc3)n2)cc1. The summed E-state index contributed by atoms with van der Waals surface area (Å²) in [5, 5.41) is 3.97. The number of ether oxygens (including phenoxy) is 1. The van der Waals surface area contributed by atoms with E-state index in [2.05, 4.69) is 10.1 Å². The Morgan fingerprint density at radius 2 is 1.86 bits per heavy atom. The molecule has 0 bridgehead atoms. The van der Waals surface area contributed by atoms with E-state index in [1.165, 1.54) is 12.1 Å². The first-order valence-corrected chi connectivity index (χ1v) is 9.03. The molecule has 0 aliphatic heterocycles. The quantitative estimate of drug-likeness (QED) is 0.594. The molecular formula is C21H22FN3O3. The molecule has 0 aliphatic carbocycles. The van der Waals surface area contributed by atoms with Gasteiger partial charge in [0, 0.05) is 25.5 Å². The van der Waals surface area contributed by atoms with Gasteiger partial charge in [0.25, 0.3) is 0 Å². The highest BCUT2D eigenvalue weighted by Gasteiger charge is 2.13. The molecule has 146 valence electrons. The highest BCUT2D eigenvalue weighted by molar-refractivity contribution is 5.76. The molecular weight excluding hydrogens is 361 g/mol. The maximum absolute atomic E-state index is 12.9. The maximum Gasteiger partial charge on any atom is 0.227 e. The summed E-state index contributed by atoms with van der Waals surface area (Å²) in [6.45, 7) is 2.76. The Balaban J connectivity index is 1.43. The highest BCUT2D eigenvalue weighted by Crippen LogP contribution is 2.17. The predicted molar refractivity (Wildman–Crippen MR) is 102 cm³/mol. The molecule has 0 radical (unpaired) electrons. The van der Waals surface area contributed by atoms with Gasteiger partial charge in [0.15, 0.2) is 0 Å². The number of carbonyl (C=O) groups is 1. The first kappa shape index (κ1) is 19.5. The van der Waals surface area contributed by atoms with E-state index in [4.69, 9.17) is 9.26 Å². The Bertz CT molecular complexity index is 907. The van der Waals surface area contributed by atoms with Crippen LogP contribution in [0.2, 0.25) is 0 Å². The van der Waals surface area contributed by atoms with Gasteiger partial charge < -0.3 is 14.2 Å². The number of nitrogens with zero attached hydrogens (tertiary/aromatic N) is 3. The van der Waals surface area contributed by atoms with Gasteiger partial charge in [0.05, 0.1) is 6.54 Å². The van der Waals surface area contributed by atoms with Crippen LogP contribution >= 0.6 is 0 Å². The molecule has 2 aromatic carbocycles. The molecule has 0 unspecified atom stereocenters. The van der Waals surface area contributed by atoms with Crippen LogP contribution in [-0.4, -0.2) is 41.1 Å². The number of amides is 1. The van der Waals surface area contributed by atoms with Crippen molar-refractivity contribution in [3.05, 3.63) is 65.8 Å². The van der Waals surface area contributed by atoms with Crippen molar-refractivity contribution < 1.29 is 18.4 Å². The molecule has 3 aromatic rings. The van der Waals surface area contributed by atoms with Crippen LogP contribution < -0.4 is 4.74 Å². The Morgan fingerprint density at radius 3 is 2.57 bits per heavy atom. The van der Waals surface area contributed by atoms with Gasteiger partial charge in [-0.1, -0.05) is 35.0 Å². The molecule has 7 heteroatoms. The van der Waals surface area contributed by atoms with Crippen LogP contribution in [-0.2, 0) is 11.2 Å². The summed E-state index contributed by atoms with van der Waals surface area (Å²) in [7, 11) is 1.71. The lowest BCUT2D eigenvalue weighted by Gasteiger charge is -2.17. The minimum atomic E-state index is -0.314. The Kier molecular flexibility index (Phi) is 6.37. The largest absolute Gasteiger partial charge is 0.492 e. The van der Waals surface area contributed by atoms with Crippen molar-refractivity contribution in [2.24, 2.45) is 0 Å². The van der Waals surface area contributed by atoms with Gasteiger partial charge in [0.1, 0.15) is 18.2 Å². The molecule has 0 fully saturated rings. The molecule has 1 amide bonds. The summed E-state index contributed by atoms with van der Waals surface area (Å²) in [4.78, 5) is 18.2. The topological polar surface area (TPSA) is 68.5 Å². The van der Waals surface area contributed by atoms with Gasteiger partial charge >= 0.3 is 0 Å². The third kappa shape index (κ3) is 5.39. The Labute approximate surface area is 162 Å². The van der Waals surface area contributed by atoms with Crippen molar-refractivity contribution in [1.29, 1.82) is 0 Å². The van der Waals surface area contributed by atoms with Crippen LogP contribution in [0.1, 0.15) is 17.9 Å². The molecule has 6 nitrogen and oxygen atoms in total. The highest BCUT2D eigenvalue weighted by atomic mass is 19.1. The molecule has 0 saturated carbocycles. The van der Waals surface area contributed by atoms with Gasteiger partial charge in [-0.05, 0) is 31.2 Å². The minimum absolute atomic E-state index is 0.0437. The zero-order valence-corrected chi connectivity index (χ0v) is 15.9. The fraction of sp³-hybridized carbons (Fsp3) is 0.286. The average Bonchev–Trinajstić information content (AvgIpc) is 3.17. The normalized spacial score (nSPS) is 10.7. The van der Waals surface area contributed by atoms with E-state index in [1.54, 1.807) is 24.1 Å². The second-order valence-corrected chi connectivity index (χ2v) is 6.50. The fourth-order valence-electron chi connectivity index (χ4n) is 2.54. The number of aryl methyl sites for hydroxylation is 2. The number of benzene rings is 2. The second kappa shape index (κ2) is 9.12. The van der Waals surface area contributed by atoms with Gasteiger partial charge in [0.2, 0.25) is 17.6 Å². The molecule has 0 N–H and O–H groups in total. The van der Waals surface area contributed by atoms with Crippen molar-refractivity contribution >= 4 is 5.91 Å². The zero-order chi connectivity index (χ0) is 19.9. The van der Waals surface area contributed by atoms with Crippen molar-refractivity contribution in [3.63, 3.8) is 0 Å². The molecule has 0 aliphatic rings. The lowest BCUT2D eigenvalue weighted by Crippen LogP contribution is -2.31. The maximum atomic E-state index is 12.9. The van der Waals surface area contributed by atoms with E-state index < -0.39 is 0 Å². The van der Waals surface area contributed by atoms with Gasteiger partial charge in [-0.25, -0.2) is 4.39 Å². The number of aromatic nitrogens is 2. The van der Waals surface area contributed by atoms with E-state index in [0.29, 0.717) is 37.0 Å². The number of hydrogen-bond donors (Lipinski definition) is 0. The summed E-state index contributed by atoms with van der Waals surface area (Å²) in [6.07, 6.45) is 0.642. The molecule has 3 rings (SSSR count). The van der Waals surface area contributed by atoms with E-state index in [-0.39, 0.29) is 18.1 Å². The zero-order valence-electron chi connectivity index (χ0n) is 15.9. The molecule has 0 saturated heterocycles. The summed E-state index contributed by atoms with van der Waals surface area (Å²) < 4.78 is 23.6. The summed E-state index contributed by atoms with van der Waals surface area (Å²) in [6, 6.07) is 13.6. The fourth-order valence-corrected chi connectivity index (χ4v) is 2.54. The monoisotopic (exact) mass is 383 g/mol. The van der Waals surface area contributed by atoms with Crippen LogP contribution in [0.5, 0.6) is 5.75 Å². The van der Waals surface area contributed by atoms with Gasteiger partial charge in [-0.15, -0.1) is 0 Å². The van der Waals surface area contributed by atoms with Crippen molar-refractivity contribution in [2.75, 3.05) is 20.2 Å². The van der Waals surface area contributed by atoms with Crippen molar-refractivity contribution in [3.8, 4) is 17.1 Å². The van der Waals surface area contributed by atoms with Crippen LogP contribution in [0.3, 0.4) is 0 Å². The molecule has 1 heterocycles. The Hall–Kier alpha value is -3.22. The summed E-state index contributed by atoms with van der Waals surface area (Å²) >= 11 is 0. The predicted octanol–water partition coefficient (Wildman–Crippen LogP) is 3.65. The average molecular weight is 383 g/mol. The minimum Gasteiger partial charge on any atom is -0.492 e. The van der Waals surface area contributed by atoms with Crippen LogP contribution in [0.25, 0.3) is 11.4 Å². The van der Waals surface area contributed by atoms with Gasteiger partial charge in [-0.2, -0.15) is 4.98 Å². The lowest BCUT2D eigenvalue weighted by molar-refractivity contribution is -0.130. The van der Waals surface area contributed by atoms with Gasteiger partial charge in [-0.3, -0.25) is 4.79 Å².